The fourth-order valence-corrected chi connectivity index (χ4v) is 3.91. The zero-order chi connectivity index (χ0) is 14.1. The van der Waals surface area contributed by atoms with Gasteiger partial charge in [0.1, 0.15) is 0 Å². The minimum Gasteiger partial charge on any atom is -0.351 e. The standard InChI is InChI=1S/C16H23N3S/c1-12(2)19-9-8-13(11-19)10-18(3)16-17-14-6-4-5-7-15(14)20-16/h4-7,12-13H,8-11H2,1-3H3. The van der Waals surface area contributed by atoms with Crippen molar-refractivity contribution in [2.75, 3.05) is 31.6 Å². The molecular weight excluding hydrogens is 266 g/mol. The maximum atomic E-state index is 4.74. The maximum absolute atomic E-state index is 4.74. The van der Waals surface area contributed by atoms with Gasteiger partial charge in [-0.3, -0.25) is 0 Å². The van der Waals surface area contributed by atoms with Crippen molar-refractivity contribution in [1.82, 2.24) is 9.88 Å². The Labute approximate surface area is 125 Å². The van der Waals surface area contributed by atoms with Crippen LogP contribution in [0.15, 0.2) is 24.3 Å². The molecule has 1 aromatic carbocycles. The van der Waals surface area contributed by atoms with Crippen molar-refractivity contribution in [3.05, 3.63) is 24.3 Å². The van der Waals surface area contributed by atoms with Crippen molar-refractivity contribution >= 4 is 26.7 Å². The molecule has 0 amide bonds. The number of thiazole rings is 1. The number of rotatable bonds is 4. The normalized spacial score (nSPS) is 20.1. The predicted octanol–water partition coefficient (Wildman–Crippen LogP) is 3.46. The molecule has 1 aliphatic rings. The van der Waals surface area contributed by atoms with E-state index < -0.39 is 0 Å². The first-order valence-corrected chi connectivity index (χ1v) is 8.26. The van der Waals surface area contributed by atoms with E-state index >= 15 is 0 Å². The van der Waals surface area contributed by atoms with Crippen molar-refractivity contribution in [2.45, 2.75) is 26.3 Å². The van der Waals surface area contributed by atoms with E-state index in [0.717, 1.165) is 23.1 Å². The summed E-state index contributed by atoms with van der Waals surface area (Å²) in [5.41, 5.74) is 1.12. The SMILES string of the molecule is CC(C)N1CCC(CN(C)c2nc3ccccc3s2)C1. The molecule has 2 heterocycles. The number of nitrogens with zero attached hydrogens (tertiary/aromatic N) is 3. The molecule has 0 N–H and O–H groups in total. The average Bonchev–Trinajstić information content (AvgIpc) is 3.04. The molecule has 1 aliphatic heterocycles. The average molecular weight is 289 g/mol. The summed E-state index contributed by atoms with van der Waals surface area (Å²) in [6.45, 7) is 8.17. The van der Waals surface area contributed by atoms with Crippen LogP contribution in [0.5, 0.6) is 0 Å². The Balaban J connectivity index is 1.66. The third-order valence-corrected chi connectivity index (χ3v) is 5.34. The second-order valence-corrected chi connectivity index (χ2v) is 7.10. The highest BCUT2D eigenvalue weighted by molar-refractivity contribution is 7.22. The lowest BCUT2D eigenvalue weighted by Crippen LogP contribution is -2.31. The second kappa shape index (κ2) is 5.70. The number of benzene rings is 1. The highest BCUT2D eigenvalue weighted by atomic mass is 32.1. The van der Waals surface area contributed by atoms with Crippen LogP contribution in [0, 0.1) is 5.92 Å². The van der Waals surface area contributed by atoms with Crippen LogP contribution in [-0.2, 0) is 0 Å². The third kappa shape index (κ3) is 2.81. The van der Waals surface area contributed by atoms with Crippen molar-refractivity contribution in [3.8, 4) is 0 Å². The fourth-order valence-electron chi connectivity index (χ4n) is 2.97. The first-order chi connectivity index (χ1) is 9.63. The molecule has 1 saturated heterocycles. The van der Waals surface area contributed by atoms with Gasteiger partial charge in [0, 0.05) is 26.2 Å². The highest BCUT2D eigenvalue weighted by Gasteiger charge is 2.25. The molecular formula is C16H23N3S. The van der Waals surface area contributed by atoms with Gasteiger partial charge in [-0.25, -0.2) is 4.98 Å². The molecule has 1 aromatic heterocycles. The van der Waals surface area contributed by atoms with Crippen LogP contribution >= 0.6 is 11.3 Å². The Bertz CT molecular complexity index is 545. The summed E-state index contributed by atoms with van der Waals surface area (Å²) < 4.78 is 1.28. The molecule has 0 spiro atoms. The third-order valence-electron chi connectivity index (χ3n) is 4.19. The van der Waals surface area contributed by atoms with Gasteiger partial charge in [-0.05, 0) is 44.9 Å². The van der Waals surface area contributed by atoms with Crippen molar-refractivity contribution in [2.24, 2.45) is 5.92 Å². The van der Waals surface area contributed by atoms with Crippen LogP contribution in [0.3, 0.4) is 0 Å². The maximum Gasteiger partial charge on any atom is 0.186 e. The lowest BCUT2D eigenvalue weighted by atomic mass is 10.1. The fraction of sp³-hybridized carbons (Fsp3) is 0.562. The smallest absolute Gasteiger partial charge is 0.186 e. The Kier molecular flexibility index (Phi) is 3.94. The van der Waals surface area contributed by atoms with E-state index in [2.05, 4.69) is 55.0 Å². The monoisotopic (exact) mass is 289 g/mol. The number of hydrogen-bond donors (Lipinski definition) is 0. The molecule has 4 heteroatoms. The van der Waals surface area contributed by atoms with Gasteiger partial charge in [0.15, 0.2) is 5.13 Å². The zero-order valence-corrected chi connectivity index (χ0v) is 13.4. The van der Waals surface area contributed by atoms with Gasteiger partial charge in [0.05, 0.1) is 10.2 Å². The quantitative estimate of drug-likeness (QED) is 0.859. The molecule has 3 nitrogen and oxygen atoms in total. The van der Waals surface area contributed by atoms with E-state index in [1.807, 2.05) is 0 Å². The van der Waals surface area contributed by atoms with Crippen molar-refractivity contribution in [3.63, 3.8) is 0 Å². The number of likely N-dealkylation sites (tertiary alicyclic amines) is 1. The number of anilines is 1. The van der Waals surface area contributed by atoms with Crippen LogP contribution in [0.4, 0.5) is 5.13 Å². The molecule has 0 bridgehead atoms. The van der Waals surface area contributed by atoms with E-state index in [1.165, 1.54) is 24.2 Å². The summed E-state index contributed by atoms with van der Waals surface area (Å²) in [6, 6.07) is 9.07. The Morgan fingerprint density at radius 2 is 2.20 bits per heavy atom. The number of fused-ring (bicyclic) bond motifs is 1. The molecule has 0 radical (unpaired) electrons. The van der Waals surface area contributed by atoms with E-state index in [0.29, 0.717) is 6.04 Å². The predicted molar refractivity (Wildman–Crippen MR) is 87.7 cm³/mol. The van der Waals surface area contributed by atoms with Gasteiger partial charge in [-0.2, -0.15) is 0 Å². The summed E-state index contributed by atoms with van der Waals surface area (Å²) >= 11 is 1.80. The minimum absolute atomic E-state index is 0.674. The number of para-hydroxylation sites is 1. The van der Waals surface area contributed by atoms with Crippen LogP contribution in [0.2, 0.25) is 0 Å². The highest BCUT2D eigenvalue weighted by Crippen LogP contribution is 2.29. The topological polar surface area (TPSA) is 19.4 Å². The summed E-state index contributed by atoms with van der Waals surface area (Å²) in [7, 11) is 2.18. The molecule has 1 atom stereocenters. The molecule has 2 aromatic rings. The Morgan fingerprint density at radius 1 is 1.40 bits per heavy atom. The lowest BCUT2D eigenvalue weighted by molar-refractivity contribution is 0.266. The summed E-state index contributed by atoms with van der Waals surface area (Å²) in [5, 5.41) is 1.15. The molecule has 20 heavy (non-hydrogen) atoms. The summed E-state index contributed by atoms with van der Waals surface area (Å²) in [5.74, 6) is 0.773. The van der Waals surface area contributed by atoms with E-state index in [-0.39, 0.29) is 0 Å². The second-order valence-electron chi connectivity index (χ2n) is 6.09. The van der Waals surface area contributed by atoms with Crippen molar-refractivity contribution < 1.29 is 0 Å². The Morgan fingerprint density at radius 3 is 2.90 bits per heavy atom. The van der Waals surface area contributed by atoms with Crippen LogP contribution < -0.4 is 4.90 Å². The van der Waals surface area contributed by atoms with Crippen LogP contribution in [0.25, 0.3) is 10.2 Å². The van der Waals surface area contributed by atoms with E-state index in [9.17, 15) is 0 Å². The first-order valence-electron chi connectivity index (χ1n) is 7.44. The van der Waals surface area contributed by atoms with Crippen LogP contribution in [-0.4, -0.2) is 42.6 Å². The van der Waals surface area contributed by atoms with Gasteiger partial charge in [0.25, 0.3) is 0 Å². The molecule has 0 saturated carbocycles. The van der Waals surface area contributed by atoms with Crippen molar-refractivity contribution in [1.29, 1.82) is 0 Å². The van der Waals surface area contributed by atoms with Gasteiger partial charge >= 0.3 is 0 Å². The van der Waals surface area contributed by atoms with Gasteiger partial charge < -0.3 is 9.80 Å². The van der Waals surface area contributed by atoms with Crippen LogP contribution in [0.1, 0.15) is 20.3 Å². The number of hydrogen-bond acceptors (Lipinski definition) is 4. The minimum atomic E-state index is 0.674. The zero-order valence-electron chi connectivity index (χ0n) is 12.5. The van der Waals surface area contributed by atoms with Gasteiger partial charge in [0.2, 0.25) is 0 Å². The largest absolute Gasteiger partial charge is 0.351 e. The molecule has 1 unspecified atom stereocenters. The Hall–Kier alpha value is -1.13. The molecule has 0 aliphatic carbocycles. The molecule has 3 rings (SSSR count). The lowest BCUT2D eigenvalue weighted by Gasteiger charge is -2.23. The van der Waals surface area contributed by atoms with Gasteiger partial charge in [-0.1, -0.05) is 23.5 Å². The summed E-state index contributed by atoms with van der Waals surface area (Å²) in [6.07, 6.45) is 1.31. The molecule has 108 valence electrons. The number of aromatic nitrogens is 1. The van der Waals surface area contributed by atoms with E-state index in [1.54, 1.807) is 11.3 Å². The van der Waals surface area contributed by atoms with Gasteiger partial charge in [-0.15, -0.1) is 0 Å². The summed E-state index contributed by atoms with van der Waals surface area (Å²) in [4.78, 5) is 9.65. The molecule has 1 fully saturated rings. The first kappa shape index (κ1) is 13.8. The van der Waals surface area contributed by atoms with E-state index in [4.69, 9.17) is 4.98 Å².